The van der Waals surface area contributed by atoms with Crippen LogP contribution in [0.3, 0.4) is 0 Å². The smallest absolute Gasteiger partial charge is 0.408 e. The Hall–Kier alpha value is -4.58. The molecule has 2 aromatic rings. The summed E-state index contributed by atoms with van der Waals surface area (Å²) in [6, 6.07) is 7.06. The topological polar surface area (TPSA) is 265 Å². The van der Waals surface area contributed by atoms with Gasteiger partial charge in [0.05, 0.1) is 37.3 Å². The molecule has 0 radical (unpaired) electrons. The minimum absolute atomic E-state index is 0.0251. The first-order chi connectivity index (χ1) is 27.3. The molecule has 58 heavy (non-hydrogen) atoms. The molecule has 0 aliphatic heterocycles. The monoisotopic (exact) mass is 830 g/mol. The normalized spacial score (nSPS) is 15.2. The Kier molecular flexibility index (Phi) is 20.8. The number of thiophene rings is 1. The van der Waals surface area contributed by atoms with Crippen molar-refractivity contribution >= 4 is 47.0 Å². The number of hydrogen-bond acceptors (Lipinski definition) is 11. The SMILES string of the molecule is CC[C@H](C)[C@H](NC(=O)C[C@H](O)[C@H](CC(C)C)N(C(=O)[C@H](Cc1ccccc1)NC(=O)OC(C)(C)C)C(=O)[C@@H](N)Cc1cccs1)C(=O)N[C@H](CO)CCCN=C(N)N. The summed E-state index contributed by atoms with van der Waals surface area (Å²) in [5.41, 5.74) is 17.1. The molecule has 11 N–H and O–H groups in total. The summed E-state index contributed by atoms with van der Waals surface area (Å²) in [6.07, 6.45) is -1.56. The van der Waals surface area contributed by atoms with Gasteiger partial charge in [0.1, 0.15) is 17.7 Å². The molecule has 1 aromatic carbocycles. The van der Waals surface area contributed by atoms with Crippen LogP contribution in [0.2, 0.25) is 0 Å². The predicted octanol–water partition coefficient (Wildman–Crippen LogP) is 2.34. The van der Waals surface area contributed by atoms with Gasteiger partial charge in [0, 0.05) is 24.3 Å². The molecule has 0 saturated carbocycles. The highest BCUT2D eigenvalue weighted by molar-refractivity contribution is 7.09. The van der Waals surface area contributed by atoms with E-state index in [2.05, 4.69) is 20.9 Å². The van der Waals surface area contributed by atoms with Gasteiger partial charge in [-0.3, -0.25) is 29.1 Å². The maximum absolute atomic E-state index is 14.8. The largest absolute Gasteiger partial charge is 0.444 e. The van der Waals surface area contributed by atoms with Crippen LogP contribution in [0.5, 0.6) is 0 Å². The van der Waals surface area contributed by atoms with Crippen molar-refractivity contribution in [3.05, 3.63) is 58.3 Å². The van der Waals surface area contributed by atoms with Crippen LogP contribution < -0.4 is 33.2 Å². The molecule has 0 fully saturated rings. The van der Waals surface area contributed by atoms with E-state index in [1.165, 1.54) is 11.3 Å². The Morgan fingerprint density at radius 3 is 2.17 bits per heavy atom. The van der Waals surface area contributed by atoms with Gasteiger partial charge in [-0.05, 0) is 68.9 Å². The van der Waals surface area contributed by atoms with Crippen LogP contribution in [0.1, 0.15) is 91.0 Å². The molecule has 5 amide bonds. The Balaban J connectivity index is 2.50. The third-order valence-electron chi connectivity index (χ3n) is 9.33. The van der Waals surface area contributed by atoms with E-state index >= 15 is 0 Å². The van der Waals surface area contributed by atoms with E-state index in [0.29, 0.717) is 31.4 Å². The van der Waals surface area contributed by atoms with E-state index < -0.39 is 78.1 Å². The Morgan fingerprint density at radius 2 is 1.62 bits per heavy atom. The minimum Gasteiger partial charge on any atom is -0.444 e. The Bertz CT molecular complexity index is 1620. The second-order valence-electron chi connectivity index (χ2n) is 16.1. The summed E-state index contributed by atoms with van der Waals surface area (Å²) in [5, 5.41) is 31.9. The molecule has 17 heteroatoms. The standard InChI is InChI=1S/C41H66N8O8S/c1-8-26(4)35(36(53)46-28(24-50)16-12-18-45-39(43)44)48-34(52)23-33(51)32(20-25(2)3)49(37(54)30(42)22-29-17-13-19-58-29)38(55)31(21-27-14-10-9-11-15-27)47-40(56)57-41(5,6)7/h9-11,13-15,17,19,25-26,28,30-33,35,50-51H,8,12,16,18,20-24,42H2,1-7H3,(H,46,53)(H,47,56)(H,48,52)(H4,43,44,45)/t26-,28-,30-,31-,32-,33-,35-/m0/s1. The van der Waals surface area contributed by atoms with E-state index in [-0.39, 0.29) is 43.7 Å². The number of alkyl carbamates (subject to hydrolysis) is 1. The van der Waals surface area contributed by atoms with Crippen LogP contribution >= 0.6 is 11.3 Å². The van der Waals surface area contributed by atoms with Gasteiger partial charge < -0.3 is 48.1 Å². The number of benzene rings is 1. The summed E-state index contributed by atoms with van der Waals surface area (Å²) in [6.45, 7) is 12.3. The highest BCUT2D eigenvalue weighted by Gasteiger charge is 2.42. The first kappa shape index (κ1) is 49.6. The van der Waals surface area contributed by atoms with Crippen molar-refractivity contribution in [2.24, 2.45) is 34.0 Å². The van der Waals surface area contributed by atoms with Gasteiger partial charge in [-0.1, -0.05) is 70.5 Å². The van der Waals surface area contributed by atoms with Crippen LogP contribution in [0.4, 0.5) is 4.79 Å². The van der Waals surface area contributed by atoms with Crippen molar-refractivity contribution in [2.45, 2.75) is 135 Å². The molecule has 7 atom stereocenters. The maximum atomic E-state index is 14.8. The van der Waals surface area contributed by atoms with Crippen molar-refractivity contribution in [3.8, 4) is 0 Å². The molecule has 0 aliphatic carbocycles. The second-order valence-corrected chi connectivity index (χ2v) is 17.1. The Morgan fingerprint density at radius 1 is 0.948 bits per heavy atom. The maximum Gasteiger partial charge on any atom is 0.408 e. The first-order valence-corrected chi connectivity index (χ1v) is 20.8. The number of aliphatic imine (C=N–C) groups is 1. The van der Waals surface area contributed by atoms with E-state index in [1.807, 2.05) is 38.3 Å². The number of ether oxygens (including phenoxy) is 1. The number of imide groups is 1. The lowest BCUT2D eigenvalue weighted by Gasteiger charge is -2.38. The zero-order valence-electron chi connectivity index (χ0n) is 35.0. The summed E-state index contributed by atoms with van der Waals surface area (Å²) >= 11 is 1.39. The van der Waals surface area contributed by atoms with E-state index in [9.17, 15) is 34.2 Å². The van der Waals surface area contributed by atoms with Crippen LogP contribution in [0, 0.1) is 11.8 Å². The highest BCUT2D eigenvalue weighted by Crippen LogP contribution is 2.23. The molecule has 0 unspecified atom stereocenters. The molecule has 2 rings (SSSR count). The lowest BCUT2D eigenvalue weighted by atomic mass is 9.92. The first-order valence-electron chi connectivity index (χ1n) is 19.9. The number of nitrogens with two attached hydrogens (primary N) is 3. The summed E-state index contributed by atoms with van der Waals surface area (Å²) in [7, 11) is 0. The molecule has 1 heterocycles. The van der Waals surface area contributed by atoms with Crippen molar-refractivity contribution in [1.29, 1.82) is 0 Å². The lowest BCUT2D eigenvalue weighted by Crippen LogP contribution is -2.61. The highest BCUT2D eigenvalue weighted by atomic mass is 32.1. The number of nitrogens with one attached hydrogen (secondary N) is 3. The molecule has 0 spiro atoms. The zero-order chi connectivity index (χ0) is 43.6. The van der Waals surface area contributed by atoms with Crippen LogP contribution in [-0.2, 0) is 36.8 Å². The average Bonchev–Trinajstić information content (AvgIpc) is 3.66. The number of carbonyl (C=O) groups is 5. The third-order valence-corrected chi connectivity index (χ3v) is 10.2. The van der Waals surface area contributed by atoms with Gasteiger partial charge in [0.15, 0.2) is 5.96 Å². The van der Waals surface area contributed by atoms with E-state index in [4.69, 9.17) is 21.9 Å². The van der Waals surface area contributed by atoms with Crippen molar-refractivity contribution in [1.82, 2.24) is 20.9 Å². The number of guanidine groups is 1. The van der Waals surface area contributed by atoms with Gasteiger partial charge in [-0.2, -0.15) is 0 Å². The van der Waals surface area contributed by atoms with Crippen LogP contribution in [-0.4, -0.2) is 106 Å². The fourth-order valence-corrected chi connectivity index (χ4v) is 7.00. The van der Waals surface area contributed by atoms with Gasteiger partial charge >= 0.3 is 6.09 Å². The number of carbonyl (C=O) groups excluding carboxylic acids is 5. The van der Waals surface area contributed by atoms with E-state index in [0.717, 1.165) is 9.78 Å². The number of aliphatic hydroxyl groups is 2. The number of hydrogen-bond donors (Lipinski definition) is 8. The molecule has 1 aromatic heterocycles. The molecule has 16 nitrogen and oxygen atoms in total. The quantitative estimate of drug-likeness (QED) is 0.0458. The minimum atomic E-state index is -1.61. The number of amides is 5. The molecular formula is C41H66N8O8S. The number of aliphatic hydroxyl groups excluding tert-OH is 2. The summed E-state index contributed by atoms with van der Waals surface area (Å²) < 4.78 is 5.50. The second kappa shape index (κ2) is 24.4. The fourth-order valence-electron chi connectivity index (χ4n) is 6.24. The van der Waals surface area contributed by atoms with Gasteiger partial charge in [-0.15, -0.1) is 11.3 Å². The van der Waals surface area contributed by atoms with Crippen molar-refractivity contribution in [2.75, 3.05) is 13.2 Å². The predicted molar refractivity (Wildman–Crippen MR) is 225 cm³/mol. The van der Waals surface area contributed by atoms with E-state index in [1.54, 1.807) is 58.0 Å². The van der Waals surface area contributed by atoms with Gasteiger partial charge in [0.2, 0.25) is 17.7 Å². The molecule has 0 aliphatic rings. The molecule has 0 saturated heterocycles. The molecule has 0 bridgehead atoms. The lowest BCUT2D eigenvalue weighted by molar-refractivity contribution is -0.154. The Labute approximate surface area is 346 Å². The zero-order valence-corrected chi connectivity index (χ0v) is 35.8. The fraction of sp³-hybridized carbons (Fsp3) is 0.610. The van der Waals surface area contributed by atoms with Crippen LogP contribution in [0.25, 0.3) is 0 Å². The van der Waals surface area contributed by atoms with Crippen LogP contribution in [0.15, 0.2) is 52.8 Å². The summed E-state index contributed by atoms with van der Waals surface area (Å²) in [5.74, 6) is -3.46. The number of rotatable bonds is 23. The van der Waals surface area contributed by atoms with Gasteiger partial charge in [-0.25, -0.2) is 4.79 Å². The van der Waals surface area contributed by atoms with Gasteiger partial charge in [0.25, 0.3) is 5.91 Å². The number of nitrogens with zero attached hydrogens (tertiary/aromatic N) is 2. The average molecular weight is 831 g/mol. The third kappa shape index (κ3) is 17.5. The van der Waals surface area contributed by atoms with Crippen molar-refractivity contribution in [3.63, 3.8) is 0 Å². The molecule has 324 valence electrons. The summed E-state index contributed by atoms with van der Waals surface area (Å²) in [4.78, 5) is 75.4. The molecular weight excluding hydrogens is 765 g/mol. The van der Waals surface area contributed by atoms with Crippen molar-refractivity contribution < 1.29 is 38.9 Å².